The van der Waals surface area contributed by atoms with Crippen molar-refractivity contribution in [1.29, 1.82) is 0 Å². The standard InChI is InChI=1S/C10H11FO/c1-2-10(11,8-12)9-6-4-3-5-7-9/h3-8H,2H2,1H3/t10-/m0/s1. The van der Waals surface area contributed by atoms with Gasteiger partial charge in [-0.3, -0.25) is 4.79 Å². The SMILES string of the molecule is CC[C@](F)(C=O)c1ccccc1. The minimum Gasteiger partial charge on any atom is -0.299 e. The topological polar surface area (TPSA) is 17.1 Å². The second-order valence-corrected chi connectivity index (χ2v) is 2.70. The van der Waals surface area contributed by atoms with Gasteiger partial charge >= 0.3 is 0 Å². The van der Waals surface area contributed by atoms with Gasteiger partial charge < -0.3 is 0 Å². The molecule has 1 atom stereocenters. The number of carbonyl (C=O) groups is 1. The van der Waals surface area contributed by atoms with Crippen molar-refractivity contribution in [3.8, 4) is 0 Å². The molecule has 0 radical (unpaired) electrons. The molecule has 0 N–H and O–H groups in total. The predicted octanol–water partition coefficient (Wildman–Crippen LogP) is 2.46. The fourth-order valence-electron chi connectivity index (χ4n) is 1.07. The highest BCUT2D eigenvalue weighted by molar-refractivity contribution is 5.65. The van der Waals surface area contributed by atoms with E-state index >= 15 is 0 Å². The Morgan fingerprint density at radius 1 is 1.42 bits per heavy atom. The number of alkyl halides is 1. The third-order valence-corrected chi connectivity index (χ3v) is 1.96. The average Bonchev–Trinajstić information content (AvgIpc) is 2.18. The Balaban J connectivity index is 3.03. The average molecular weight is 166 g/mol. The fourth-order valence-corrected chi connectivity index (χ4v) is 1.07. The van der Waals surface area contributed by atoms with Crippen molar-refractivity contribution in [2.45, 2.75) is 19.0 Å². The minimum absolute atomic E-state index is 0.181. The van der Waals surface area contributed by atoms with Crippen molar-refractivity contribution in [1.82, 2.24) is 0 Å². The van der Waals surface area contributed by atoms with Crippen LogP contribution < -0.4 is 0 Å². The third kappa shape index (κ3) is 1.52. The zero-order valence-corrected chi connectivity index (χ0v) is 6.96. The van der Waals surface area contributed by atoms with Crippen LogP contribution in [0, 0.1) is 0 Å². The highest BCUT2D eigenvalue weighted by Crippen LogP contribution is 2.26. The summed E-state index contributed by atoms with van der Waals surface area (Å²) < 4.78 is 13.6. The van der Waals surface area contributed by atoms with Gasteiger partial charge in [0.25, 0.3) is 0 Å². The largest absolute Gasteiger partial charge is 0.299 e. The van der Waals surface area contributed by atoms with Gasteiger partial charge in [0, 0.05) is 0 Å². The summed E-state index contributed by atoms with van der Waals surface area (Å²) in [6.07, 6.45) is 0.544. The molecule has 12 heavy (non-hydrogen) atoms. The van der Waals surface area contributed by atoms with Crippen LogP contribution in [-0.2, 0) is 10.5 Å². The first-order valence-electron chi connectivity index (χ1n) is 3.93. The Bertz CT molecular complexity index is 258. The van der Waals surface area contributed by atoms with E-state index in [4.69, 9.17) is 0 Å². The van der Waals surface area contributed by atoms with Crippen LogP contribution in [0.1, 0.15) is 18.9 Å². The zero-order valence-electron chi connectivity index (χ0n) is 6.96. The summed E-state index contributed by atoms with van der Waals surface area (Å²) in [5.41, 5.74) is -1.37. The number of aldehydes is 1. The van der Waals surface area contributed by atoms with Crippen molar-refractivity contribution in [2.75, 3.05) is 0 Å². The van der Waals surface area contributed by atoms with Gasteiger partial charge in [-0.05, 0) is 12.0 Å². The van der Waals surface area contributed by atoms with E-state index in [0.29, 0.717) is 11.8 Å². The molecule has 0 saturated heterocycles. The molecule has 0 aromatic heterocycles. The lowest BCUT2D eigenvalue weighted by Gasteiger charge is -2.16. The van der Waals surface area contributed by atoms with E-state index in [1.165, 1.54) is 0 Å². The molecule has 0 saturated carbocycles. The van der Waals surface area contributed by atoms with Crippen LogP contribution in [0.3, 0.4) is 0 Å². The van der Waals surface area contributed by atoms with E-state index in [1.54, 1.807) is 37.3 Å². The van der Waals surface area contributed by atoms with Gasteiger partial charge in [-0.15, -0.1) is 0 Å². The first-order valence-corrected chi connectivity index (χ1v) is 3.93. The Morgan fingerprint density at radius 3 is 2.42 bits per heavy atom. The molecule has 2 heteroatoms. The van der Waals surface area contributed by atoms with Gasteiger partial charge in [-0.2, -0.15) is 0 Å². The number of hydrogen-bond acceptors (Lipinski definition) is 1. The summed E-state index contributed by atoms with van der Waals surface area (Å²) in [4.78, 5) is 10.5. The van der Waals surface area contributed by atoms with Gasteiger partial charge in [0.1, 0.15) is 0 Å². The summed E-state index contributed by atoms with van der Waals surface area (Å²) >= 11 is 0. The normalized spacial score (nSPS) is 15.2. The lowest BCUT2D eigenvalue weighted by Crippen LogP contribution is -2.20. The number of benzene rings is 1. The first-order chi connectivity index (χ1) is 5.73. The van der Waals surface area contributed by atoms with Gasteiger partial charge in [0.15, 0.2) is 12.0 Å². The van der Waals surface area contributed by atoms with E-state index < -0.39 is 5.67 Å². The van der Waals surface area contributed by atoms with Crippen LogP contribution in [0.15, 0.2) is 30.3 Å². The quantitative estimate of drug-likeness (QED) is 0.630. The second kappa shape index (κ2) is 3.48. The van der Waals surface area contributed by atoms with Crippen LogP contribution in [0.25, 0.3) is 0 Å². The number of hydrogen-bond donors (Lipinski definition) is 0. The molecule has 0 heterocycles. The van der Waals surface area contributed by atoms with Crippen LogP contribution in [0.4, 0.5) is 4.39 Å². The van der Waals surface area contributed by atoms with Gasteiger partial charge in [-0.1, -0.05) is 37.3 Å². The van der Waals surface area contributed by atoms with Gasteiger partial charge in [0.05, 0.1) is 0 Å². The summed E-state index contributed by atoms with van der Waals surface area (Å²) in [7, 11) is 0. The second-order valence-electron chi connectivity index (χ2n) is 2.70. The minimum atomic E-state index is -1.80. The third-order valence-electron chi connectivity index (χ3n) is 1.96. The maximum atomic E-state index is 13.6. The van der Waals surface area contributed by atoms with Crippen molar-refractivity contribution < 1.29 is 9.18 Å². The Labute approximate surface area is 71.2 Å². The monoisotopic (exact) mass is 166 g/mol. The fraction of sp³-hybridized carbons (Fsp3) is 0.300. The Hall–Kier alpha value is -1.18. The van der Waals surface area contributed by atoms with Crippen LogP contribution in [0.5, 0.6) is 0 Å². The van der Waals surface area contributed by atoms with Crippen molar-refractivity contribution in [3.63, 3.8) is 0 Å². The predicted molar refractivity (Wildman–Crippen MR) is 45.6 cm³/mol. The van der Waals surface area contributed by atoms with Crippen LogP contribution in [0.2, 0.25) is 0 Å². The lowest BCUT2D eigenvalue weighted by atomic mass is 9.95. The van der Waals surface area contributed by atoms with E-state index in [0.717, 1.165) is 0 Å². The molecule has 0 fully saturated rings. The molecule has 1 aromatic carbocycles. The molecule has 0 unspecified atom stereocenters. The molecular formula is C10H11FO. The lowest BCUT2D eigenvalue weighted by molar-refractivity contribution is -0.118. The van der Waals surface area contributed by atoms with E-state index in [9.17, 15) is 9.18 Å². The Kier molecular flexibility index (Phi) is 2.58. The van der Waals surface area contributed by atoms with Crippen LogP contribution >= 0.6 is 0 Å². The van der Waals surface area contributed by atoms with Crippen molar-refractivity contribution in [2.24, 2.45) is 0 Å². The molecule has 64 valence electrons. The molecule has 0 amide bonds. The van der Waals surface area contributed by atoms with Crippen LogP contribution in [-0.4, -0.2) is 6.29 Å². The molecule has 0 aliphatic heterocycles. The molecule has 0 spiro atoms. The van der Waals surface area contributed by atoms with Crippen molar-refractivity contribution in [3.05, 3.63) is 35.9 Å². The van der Waals surface area contributed by atoms with Crippen molar-refractivity contribution >= 4 is 6.29 Å². The highest BCUT2D eigenvalue weighted by Gasteiger charge is 2.28. The van der Waals surface area contributed by atoms with E-state index in [1.807, 2.05) is 0 Å². The molecule has 0 bridgehead atoms. The molecule has 1 rings (SSSR count). The Morgan fingerprint density at radius 2 is 2.00 bits per heavy atom. The summed E-state index contributed by atoms with van der Waals surface area (Å²) in [5.74, 6) is 0. The van der Waals surface area contributed by atoms with Gasteiger partial charge in [-0.25, -0.2) is 4.39 Å². The highest BCUT2D eigenvalue weighted by atomic mass is 19.1. The van der Waals surface area contributed by atoms with E-state index in [-0.39, 0.29) is 6.42 Å². The molecule has 1 aromatic rings. The van der Waals surface area contributed by atoms with Gasteiger partial charge in [0.2, 0.25) is 0 Å². The summed E-state index contributed by atoms with van der Waals surface area (Å²) in [6.45, 7) is 1.65. The maximum Gasteiger partial charge on any atom is 0.190 e. The molecule has 0 aliphatic rings. The molecule has 0 aliphatic carbocycles. The maximum absolute atomic E-state index is 13.6. The smallest absolute Gasteiger partial charge is 0.190 e. The summed E-state index contributed by atoms with van der Waals surface area (Å²) in [5, 5.41) is 0. The zero-order chi connectivity index (χ0) is 9.03. The molecule has 1 nitrogen and oxygen atoms in total. The summed E-state index contributed by atoms with van der Waals surface area (Å²) in [6, 6.07) is 8.49. The number of halogens is 1. The number of carbonyl (C=O) groups excluding carboxylic acids is 1. The first kappa shape index (κ1) is 8.91. The molecular weight excluding hydrogens is 155 g/mol. The number of rotatable bonds is 3. The van der Waals surface area contributed by atoms with E-state index in [2.05, 4.69) is 0 Å².